The molecule has 3 rings (SSSR count). The van der Waals surface area contributed by atoms with E-state index in [1.54, 1.807) is 7.05 Å². The average Bonchev–Trinajstić information content (AvgIpc) is 3.35. The Balaban J connectivity index is 1.71. The van der Waals surface area contributed by atoms with Gasteiger partial charge in [0.25, 0.3) is 5.91 Å². The predicted octanol–water partition coefficient (Wildman–Crippen LogP) is 4.13. The van der Waals surface area contributed by atoms with Crippen LogP contribution in [0.5, 0.6) is 0 Å². The van der Waals surface area contributed by atoms with Gasteiger partial charge < -0.3 is 10.1 Å². The molecule has 1 atom stereocenters. The van der Waals surface area contributed by atoms with Crippen LogP contribution in [0.4, 0.5) is 15.6 Å². The van der Waals surface area contributed by atoms with E-state index in [9.17, 15) is 14.4 Å². The maximum absolute atomic E-state index is 13.1. The average molecular weight is 445 g/mol. The van der Waals surface area contributed by atoms with Crippen LogP contribution in [0.1, 0.15) is 40.5 Å². The summed E-state index contributed by atoms with van der Waals surface area (Å²) in [6.07, 6.45) is 0.897. The van der Waals surface area contributed by atoms with Gasteiger partial charge in [-0.25, -0.2) is 9.78 Å². The molecule has 0 bridgehead atoms. The van der Waals surface area contributed by atoms with Crippen molar-refractivity contribution in [3.05, 3.63) is 29.6 Å². The first-order valence-corrected chi connectivity index (χ1v) is 11.0. The SMILES string of the molecule is CC(=O)Nc1ccc(-c2csc(N(C)C(=O)C3CCCN3C(=O)OC(C)(C)C)n2)cc1. The van der Waals surface area contributed by atoms with E-state index in [0.717, 1.165) is 17.7 Å². The van der Waals surface area contributed by atoms with Gasteiger partial charge >= 0.3 is 6.09 Å². The fraction of sp³-hybridized carbons (Fsp3) is 0.455. The summed E-state index contributed by atoms with van der Waals surface area (Å²) in [4.78, 5) is 44.4. The Morgan fingerprint density at radius 3 is 2.52 bits per heavy atom. The fourth-order valence-electron chi connectivity index (χ4n) is 3.36. The number of nitrogens with zero attached hydrogens (tertiary/aromatic N) is 3. The maximum atomic E-state index is 13.1. The van der Waals surface area contributed by atoms with Crippen LogP contribution in [0.2, 0.25) is 0 Å². The summed E-state index contributed by atoms with van der Waals surface area (Å²) in [6, 6.07) is 6.80. The van der Waals surface area contributed by atoms with Crippen molar-refractivity contribution in [1.82, 2.24) is 9.88 Å². The molecule has 8 nitrogen and oxygen atoms in total. The maximum Gasteiger partial charge on any atom is 0.410 e. The number of benzene rings is 1. The van der Waals surface area contributed by atoms with Crippen molar-refractivity contribution < 1.29 is 19.1 Å². The van der Waals surface area contributed by atoms with E-state index < -0.39 is 17.7 Å². The molecular formula is C22H28N4O4S. The number of aromatic nitrogens is 1. The Bertz CT molecular complexity index is 965. The molecule has 1 unspecified atom stereocenters. The molecule has 0 saturated carbocycles. The van der Waals surface area contributed by atoms with E-state index in [4.69, 9.17) is 4.74 Å². The first kappa shape index (κ1) is 22.7. The largest absolute Gasteiger partial charge is 0.444 e. The van der Waals surface area contributed by atoms with Crippen LogP contribution in [0, 0.1) is 0 Å². The molecule has 0 spiro atoms. The number of anilines is 2. The first-order chi connectivity index (χ1) is 14.5. The van der Waals surface area contributed by atoms with Gasteiger partial charge in [-0.1, -0.05) is 12.1 Å². The van der Waals surface area contributed by atoms with E-state index in [2.05, 4.69) is 10.3 Å². The number of thiazole rings is 1. The van der Waals surface area contributed by atoms with Crippen molar-refractivity contribution in [2.24, 2.45) is 0 Å². The molecule has 1 fully saturated rings. The molecule has 2 aromatic rings. The second-order valence-corrected chi connectivity index (χ2v) is 9.34. The second-order valence-electron chi connectivity index (χ2n) is 8.50. The lowest BCUT2D eigenvalue weighted by Crippen LogP contribution is -2.48. The molecule has 1 aromatic carbocycles. The van der Waals surface area contributed by atoms with E-state index in [1.807, 2.05) is 50.4 Å². The van der Waals surface area contributed by atoms with E-state index in [0.29, 0.717) is 23.8 Å². The van der Waals surface area contributed by atoms with Crippen LogP contribution < -0.4 is 10.2 Å². The smallest absolute Gasteiger partial charge is 0.410 e. The highest BCUT2D eigenvalue weighted by atomic mass is 32.1. The molecule has 2 heterocycles. The molecule has 0 aliphatic carbocycles. The van der Waals surface area contributed by atoms with Crippen LogP contribution in [0.25, 0.3) is 11.3 Å². The number of likely N-dealkylation sites (N-methyl/N-ethyl adjacent to an activating group) is 1. The van der Waals surface area contributed by atoms with Gasteiger partial charge in [0.2, 0.25) is 5.91 Å². The zero-order valence-corrected chi connectivity index (χ0v) is 19.3. The third-order valence-corrected chi connectivity index (χ3v) is 5.69. The van der Waals surface area contributed by atoms with E-state index in [-0.39, 0.29) is 11.8 Å². The number of rotatable bonds is 4. The molecule has 0 radical (unpaired) electrons. The minimum absolute atomic E-state index is 0.129. The molecule has 1 aliphatic rings. The number of likely N-dealkylation sites (tertiary alicyclic amines) is 1. The van der Waals surface area contributed by atoms with Crippen molar-refractivity contribution in [1.29, 1.82) is 0 Å². The van der Waals surface area contributed by atoms with Gasteiger partial charge in [0, 0.05) is 37.1 Å². The van der Waals surface area contributed by atoms with Gasteiger partial charge in [0.05, 0.1) is 5.69 Å². The highest BCUT2D eigenvalue weighted by Gasteiger charge is 2.38. The number of amides is 3. The van der Waals surface area contributed by atoms with Crippen molar-refractivity contribution >= 4 is 40.1 Å². The lowest BCUT2D eigenvalue weighted by atomic mass is 10.1. The van der Waals surface area contributed by atoms with Crippen LogP contribution >= 0.6 is 11.3 Å². The van der Waals surface area contributed by atoms with E-state index in [1.165, 1.54) is 28.1 Å². The molecule has 166 valence electrons. The first-order valence-electron chi connectivity index (χ1n) is 10.2. The fourth-order valence-corrected chi connectivity index (χ4v) is 4.16. The van der Waals surface area contributed by atoms with Gasteiger partial charge in [-0.05, 0) is 45.7 Å². The Hall–Kier alpha value is -2.94. The Morgan fingerprint density at radius 1 is 1.23 bits per heavy atom. The van der Waals surface area contributed by atoms with Gasteiger partial charge in [0.1, 0.15) is 11.6 Å². The van der Waals surface area contributed by atoms with Crippen LogP contribution in [0.15, 0.2) is 29.6 Å². The Labute approximate surface area is 186 Å². The third-order valence-electron chi connectivity index (χ3n) is 4.78. The molecular weight excluding hydrogens is 416 g/mol. The van der Waals surface area contributed by atoms with Crippen LogP contribution in [0.3, 0.4) is 0 Å². The van der Waals surface area contributed by atoms with Crippen molar-refractivity contribution in [3.63, 3.8) is 0 Å². The second kappa shape index (κ2) is 9.05. The van der Waals surface area contributed by atoms with Crippen LogP contribution in [-0.2, 0) is 14.3 Å². The highest BCUT2D eigenvalue weighted by Crippen LogP contribution is 2.30. The standard InChI is InChI=1S/C22H28N4O4S/c1-14(27)23-16-10-8-15(9-11-16)17-13-31-20(24-17)25(5)19(28)18-7-6-12-26(18)21(29)30-22(2,3)4/h8-11,13,18H,6-7,12H2,1-5H3,(H,23,27). The third kappa shape index (κ3) is 5.61. The topological polar surface area (TPSA) is 91.8 Å². The minimum atomic E-state index is -0.612. The summed E-state index contributed by atoms with van der Waals surface area (Å²) in [5.74, 6) is -0.304. The van der Waals surface area contributed by atoms with Gasteiger partial charge in [-0.15, -0.1) is 11.3 Å². The lowest BCUT2D eigenvalue weighted by molar-refractivity contribution is -0.122. The number of carbonyl (C=O) groups excluding carboxylic acids is 3. The molecule has 31 heavy (non-hydrogen) atoms. The molecule has 9 heteroatoms. The minimum Gasteiger partial charge on any atom is -0.444 e. The number of carbonyl (C=O) groups is 3. The number of hydrogen-bond donors (Lipinski definition) is 1. The number of nitrogens with one attached hydrogen (secondary N) is 1. The predicted molar refractivity (Wildman–Crippen MR) is 121 cm³/mol. The van der Waals surface area contributed by atoms with Gasteiger partial charge in [-0.2, -0.15) is 0 Å². The van der Waals surface area contributed by atoms with E-state index >= 15 is 0 Å². The summed E-state index contributed by atoms with van der Waals surface area (Å²) in [5.41, 5.74) is 1.72. The molecule has 3 amide bonds. The Kier molecular flexibility index (Phi) is 6.64. The monoisotopic (exact) mass is 444 g/mol. The highest BCUT2D eigenvalue weighted by molar-refractivity contribution is 7.14. The zero-order chi connectivity index (χ0) is 22.8. The number of hydrogen-bond acceptors (Lipinski definition) is 6. The summed E-state index contributed by atoms with van der Waals surface area (Å²) in [6.45, 7) is 7.39. The van der Waals surface area contributed by atoms with Gasteiger partial charge in [0.15, 0.2) is 5.13 Å². The lowest BCUT2D eigenvalue weighted by Gasteiger charge is -2.29. The molecule has 1 saturated heterocycles. The molecule has 1 N–H and O–H groups in total. The quantitative estimate of drug-likeness (QED) is 0.766. The summed E-state index contributed by atoms with van der Waals surface area (Å²) in [5, 5.41) is 5.17. The Morgan fingerprint density at radius 2 is 1.90 bits per heavy atom. The van der Waals surface area contributed by atoms with Crippen molar-refractivity contribution in [2.45, 2.75) is 52.2 Å². The summed E-state index contributed by atoms with van der Waals surface area (Å²) < 4.78 is 5.46. The molecule has 1 aliphatic heterocycles. The number of ether oxygens (including phenoxy) is 1. The normalized spacial score (nSPS) is 16.2. The van der Waals surface area contributed by atoms with Crippen molar-refractivity contribution in [2.75, 3.05) is 23.8 Å². The van der Waals surface area contributed by atoms with Gasteiger partial charge in [-0.3, -0.25) is 19.4 Å². The molecule has 1 aromatic heterocycles. The summed E-state index contributed by atoms with van der Waals surface area (Å²) in [7, 11) is 1.68. The van der Waals surface area contributed by atoms with Crippen LogP contribution in [-0.4, -0.2) is 53.0 Å². The zero-order valence-electron chi connectivity index (χ0n) is 18.5. The summed E-state index contributed by atoms with van der Waals surface area (Å²) >= 11 is 1.36. The van der Waals surface area contributed by atoms with Crippen molar-refractivity contribution in [3.8, 4) is 11.3 Å².